The fourth-order valence-corrected chi connectivity index (χ4v) is 2.83. The Kier molecular flexibility index (Phi) is 5.01. The molecular formula is C18H16N2O2S. The second kappa shape index (κ2) is 7.56. The van der Waals surface area contributed by atoms with E-state index in [4.69, 9.17) is 4.74 Å². The quantitative estimate of drug-likeness (QED) is 0.755. The molecule has 0 saturated heterocycles. The van der Waals surface area contributed by atoms with Crippen LogP contribution < -0.4 is 10.1 Å². The number of carbonyl (C=O) groups excluding carboxylic acids is 1. The smallest absolute Gasteiger partial charge is 0.258 e. The molecule has 116 valence electrons. The topological polar surface area (TPSA) is 51.2 Å². The van der Waals surface area contributed by atoms with E-state index in [1.54, 1.807) is 11.3 Å². The molecule has 2 aromatic carbocycles. The lowest BCUT2D eigenvalue weighted by atomic mass is 10.2. The van der Waals surface area contributed by atoms with Crippen LogP contribution in [0.2, 0.25) is 0 Å². The summed E-state index contributed by atoms with van der Waals surface area (Å²) >= 11 is 1.57. The number of amides is 1. The van der Waals surface area contributed by atoms with Gasteiger partial charge in [0.15, 0.2) is 6.61 Å². The van der Waals surface area contributed by atoms with Gasteiger partial charge in [-0.25, -0.2) is 4.98 Å². The van der Waals surface area contributed by atoms with Crippen molar-refractivity contribution in [2.45, 2.75) is 6.54 Å². The van der Waals surface area contributed by atoms with Crippen molar-refractivity contribution >= 4 is 17.2 Å². The Morgan fingerprint density at radius 3 is 2.48 bits per heavy atom. The van der Waals surface area contributed by atoms with E-state index in [2.05, 4.69) is 10.3 Å². The maximum atomic E-state index is 11.8. The third-order valence-electron chi connectivity index (χ3n) is 3.15. The summed E-state index contributed by atoms with van der Waals surface area (Å²) in [6.45, 7) is 0.403. The first kappa shape index (κ1) is 15.2. The molecule has 3 rings (SSSR count). The van der Waals surface area contributed by atoms with Crippen LogP contribution in [0.4, 0.5) is 0 Å². The second-order valence-corrected chi connectivity index (χ2v) is 5.75. The number of ether oxygens (including phenoxy) is 1. The largest absolute Gasteiger partial charge is 0.484 e. The van der Waals surface area contributed by atoms with Crippen molar-refractivity contribution in [2.75, 3.05) is 6.61 Å². The van der Waals surface area contributed by atoms with E-state index >= 15 is 0 Å². The van der Waals surface area contributed by atoms with Crippen LogP contribution in [0.25, 0.3) is 10.6 Å². The summed E-state index contributed by atoms with van der Waals surface area (Å²) in [5.41, 5.74) is 1.93. The molecule has 0 atom stereocenters. The number of thiazole rings is 1. The highest BCUT2D eigenvalue weighted by atomic mass is 32.1. The van der Waals surface area contributed by atoms with Crippen molar-refractivity contribution in [2.24, 2.45) is 0 Å². The Morgan fingerprint density at radius 1 is 1.04 bits per heavy atom. The van der Waals surface area contributed by atoms with Gasteiger partial charge in [-0.15, -0.1) is 11.3 Å². The Morgan fingerprint density at radius 2 is 1.74 bits per heavy atom. The third kappa shape index (κ3) is 4.40. The fraction of sp³-hybridized carbons (Fsp3) is 0.111. The molecular weight excluding hydrogens is 308 g/mol. The first-order valence-electron chi connectivity index (χ1n) is 7.25. The van der Waals surface area contributed by atoms with Crippen LogP contribution in [-0.2, 0) is 11.3 Å². The van der Waals surface area contributed by atoms with Crippen LogP contribution >= 0.6 is 11.3 Å². The molecule has 0 aliphatic carbocycles. The van der Waals surface area contributed by atoms with E-state index < -0.39 is 0 Å². The van der Waals surface area contributed by atoms with Crippen molar-refractivity contribution in [3.63, 3.8) is 0 Å². The maximum Gasteiger partial charge on any atom is 0.258 e. The number of rotatable bonds is 6. The minimum atomic E-state index is -0.164. The van der Waals surface area contributed by atoms with Gasteiger partial charge < -0.3 is 10.1 Å². The molecule has 0 spiro atoms. The molecule has 3 aromatic rings. The van der Waals surface area contributed by atoms with Crippen molar-refractivity contribution < 1.29 is 9.53 Å². The van der Waals surface area contributed by atoms with Crippen LogP contribution in [0.1, 0.15) is 5.69 Å². The molecule has 1 amide bonds. The summed E-state index contributed by atoms with van der Waals surface area (Å²) < 4.78 is 5.40. The number of nitrogens with zero attached hydrogens (tertiary/aromatic N) is 1. The van der Waals surface area contributed by atoms with Crippen molar-refractivity contribution in [1.29, 1.82) is 0 Å². The first-order chi connectivity index (χ1) is 11.3. The van der Waals surface area contributed by atoms with E-state index in [-0.39, 0.29) is 12.5 Å². The predicted octanol–water partition coefficient (Wildman–Crippen LogP) is 3.51. The van der Waals surface area contributed by atoms with E-state index in [9.17, 15) is 4.79 Å². The minimum absolute atomic E-state index is 0.000305. The SMILES string of the molecule is O=C(COc1ccccc1)NCc1csc(-c2ccccc2)n1. The molecule has 23 heavy (non-hydrogen) atoms. The maximum absolute atomic E-state index is 11.8. The van der Waals surface area contributed by atoms with Gasteiger partial charge in [0, 0.05) is 10.9 Å². The van der Waals surface area contributed by atoms with E-state index in [0.29, 0.717) is 12.3 Å². The number of carbonyl (C=O) groups is 1. The predicted molar refractivity (Wildman–Crippen MR) is 91.3 cm³/mol. The first-order valence-corrected chi connectivity index (χ1v) is 8.13. The average Bonchev–Trinajstić information content (AvgIpc) is 3.09. The van der Waals surface area contributed by atoms with Crippen LogP contribution in [-0.4, -0.2) is 17.5 Å². The van der Waals surface area contributed by atoms with Gasteiger partial charge in [-0.05, 0) is 12.1 Å². The normalized spacial score (nSPS) is 10.3. The molecule has 1 aromatic heterocycles. The van der Waals surface area contributed by atoms with Crippen LogP contribution in [0.15, 0.2) is 66.0 Å². The van der Waals surface area contributed by atoms with Gasteiger partial charge >= 0.3 is 0 Å². The molecule has 5 heteroatoms. The number of para-hydroxylation sites is 1. The molecule has 0 radical (unpaired) electrons. The molecule has 0 bridgehead atoms. The average molecular weight is 324 g/mol. The van der Waals surface area contributed by atoms with Crippen molar-refractivity contribution in [3.8, 4) is 16.3 Å². The number of hydrogen-bond donors (Lipinski definition) is 1. The van der Waals surface area contributed by atoms with Gasteiger partial charge in [0.1, 0.15) is 10.8 Å². The zero-order valence-electron chi connectivity index (χ0n) is 12.4. The highest BCUT2D eigenvalue weighted by Crippen LogP contribution is 2.23. The summed E-state index contributed by atoms with van der Waals surface area (Å²) in [4.78, 5) is 16.3. The van der Waals surface area contributed by atoms with Crippen molar-refractivity contribution in [1.82, 2.24) is 10.3 Å². The van der Waals surface area contributed by atoms with Gasteiger partial charge in [0.05, 0.1) is 12.2 Å². The van der Waals surface area contributed by atoms with Gasteiger partial charge in [-0.2, -0.15) is 0 Å². The minimum Gasteiger partial charge on any atom is -0.484 e. The number of hydrogen-bond acceptors (Lipinski definition) is 4. The lowest BCUT2D eigenvalue weighted by Gasteiger charge is -2.06. The highest BCUT2D eigenvalue weighted by molar-refractivity contribution is 7.13. The summed E-state index contributed by atoms with van der Waals surface area (Å²) in [6.07, 6.45) is 0. The van der Waals surface area contributed by atoms with Gasteiger partial charge in [0.2, 0.25) is 0 Å². The number of aromatic nitrogens is 1. The van der Waals surface area contributed by atoms with Crippen molar-refractivity contribution in [3.05, 3.63) is 71.7 Å². The zero-order chi connectivity index (χ0) is 15.9. The zero-order valence-corrected chi connectivity index (χ0v) is 13.3. The molecule has 1 heterocycles. The Bertz CT molecular complexity index is 757. The molecule has 0 aliphatic heterocycles. The molecule has 1 N–H and O–H groups in total. The summed E-state index contributed by atoms with van der Waals surface area (Å²) in [5, 5.41) is 5.73. The number of benzene rings is 2. The third-order valence-corrected chi connectivity index (χ3v) is 4.09. The van der Waals surface area contributed by atoms with Gasteiger partial charge in [0.25, 0.3) is 5.91 Å². The summed E-state index contributed by atoms with van der Waals surface area (Å²) in [6, 6.07) is 19.3. The van der Waals surface area contributed by atoms with Crippen LogP contribution in [0, 0.1) is 0 Å². The lowest BCUT2D eigenvalue weighted by Crippen LogP contribution is -2.28. The molecule has 0 fully saturated rings. The standard InChI is InChI=1S/C18H16N2O2S/c21-17(12-22-16-9-5-2-6-10-16)19-11-15-13-23-18(20-15)14-7-3-1-4-8-14/h1-10,13H,11-12H2,(H,19,21). The van der Waals surface area contributed by atoms with Gasteiger partial charge in [-0.1, -0.05) is 48.5 Å². The highest BCUT2D eigenvalue weighted by Gasteiger charge is 2.07. The van der Waals surface area contributed by atoms with E-state index in [1.165, 1.54) is 0 Å². The van der Waals surface area contributed by atoms with Crippen LogP contribution in [0.3, 0.4) is 0 Å². The van der Waals surface area contributed by atoms with E-state index in [0.717, 1.165) is 16.3 Å². The number of nitrogens with one attached hydrogen (secondary N) is 1. The van der Waals surface area contributed by atoms with Gasteiger partial charge in [-0.3, -0.25) is 4.79 Å². The fourth-order valence-electron chi connectivity index (χ4n) is 2.01. The van der Waals surface area contributed by atoms with Crippen LogP contribution in [0.5, 0.6) is 5.75 Å². The summed E-state index contributed by atoms with van der Waals surface area (Å²) in [7, 11) is 0. The molecule has 0 saturated carbocycles. The van der Waals surface area contributed by atoms with E-state index in [1.807, 2.05) is 66.0 Å². The monoisotopic (exact) mass is 324 g/mol. The lowest BCUT2D eigenvalue weighted by molar-refractivity contribution is -0.123. The Balaban J connectivity index is 1.49. The summed E-state index contributed by atoms with van der Waals surface area (Å²) in [5.74, 6) is 0.519. The molecule has 0 aliphatic rings. The second-order valence-electron chi connectivity index (χ2n) is 4.89. The Hall–Kier alpha value is -2.66. The molecule has 4 nitrogen and oxygen atoms in total. The Labute approximate surface area is 138 Å². The molecule has 0 unspecified atom stereocenters.